The predicted octanol–water partition coefficient (Wildman–Crippen LogP) is 3.61. The normalized spacial score (nSPS) is 14.0. The van der Waals surface area contributed by atoms with Crippen LogP contribution in [-0.4, -0.2) is 29.1 Å². The molecule has 0 aliphatic carbocycles. The quantitative estimate of drug-likeness (QED) is 0.709. The number of carbonyl (C=O) groups excluding carboxylic acids is 2. The topological polar surface area (TPSA) is 79.7 Å². The summed E-state index contributed by atoms with van der Waals surface area (Å²) in [6, 6.07) is 16.6. The van der Waals surface area contributed by atoms with Gasteiger partial charge in [0, 0.05) is 17.1 Å². The van der Waals surface area contributed by atoms with Crippen LogP contribution in [0.2, 0.25) is 0 Å². The third kappa shape index (κ3) is 2.99. The Morgan fingerprint density at radius 2 is 1.93 bits per heavy atom. The number of aliphatic hydroxyl groups excluding tert-OH is 1. The van der Waals surface area contributed by atoms with Gasteiger partial charge in [-0.2, -0.15) is 0 Å². The van der Waals surface area contributed by atoms with E-state index in [4.69, 9.17) is 4.74 Å². The molecule has 1 N–H and O–H groups in total. The van der Waals surface area contributed by atoms with Crippen molar-refractivity contribution in [2.75, 3.05) is 12.0 Å². The second-order valence-corrected chi connectivity index (χ2v) is 6.48. The molecule has 1 amide bonds. The standard InChI is InChI=1S/C22H18N2O4/c1-28-22(27)17-12-19(25)24(18-10-3-2-9-16(18)21(17)26)13-15-7-4-6-14-8-5-11-23-20(14)15/h2-11,26H,12-13H2,1H3. The molecule has 0 unspecified atom stereocenters. The molecule has 6 nitrogen and oxygen atoms in total. The van der Waals surface area contributed by atoms with E-state index in [1.165, 1.54) is 7.11 Å². The Kier molecular flexibility index (Phi) is 4.53. The number of anilines is 1. The Balaban J connectivity index is 1.82. The number of hydrogen-bond acceptors (Lipinski definition) is 5. The Bertz CT molecular complexity index is 1110. The van der Waals surface area contributed by atoms with E-state index in [0.29, 0.717) is 11.3 Å². The third-order valence-corrected chi connectivity index (χ3v) is 4.84. The smallest absolute Gasteiger partial charge is 0.338 e. The molecule has 2 heterocycles. The highest BCUT2D eigenvalue weighted by atomic mass is 16.5. The average Bonchev–Trinajstić information content (AvgIpc) is 2.84. The highest BCUT2D eigenvalue weighted by Crippen LogP contribution is 2.35. The first-order valence-electron chi connectivity index (χ1n) is 8.83. The van der Waals surface area contributed by atoms with Crippen molar-refractivity contribution < 1.29 is 19.4 Å². The van der Waals surface area contributed by atoms with Gasteiger partial charge in [0.05, 0.1) is 36.9 Å². The molecule has 1 aliphatic rings. The van der Waals surface area contributed by atoms with Crippen LogP contribution in [0, 0.1) is 0 Å². The zero-order valence-corrected chi connectivity index (χ0v) is 15.3. The van der Waals surface area contributed by atoms with Gasteiger partial charge < -0.3 is 14.7 Å². The number of fused-ring (bicyclic) bond motifs is 2. The molecule has 1 aromatic heterocycles. The summed E-state index contributed by atoms with van der Waals surface area (Å²) in [4.78, 5) is 31.2. The van der Waals surface area contributed by atoms with Gasteiger partial charge in [-0.05, 0) is 23.8 Å². The zero-order valence-electron chi connectivity index (χ0n) is 15.3. The minimum Gasteiger partial charge on any atom is -0.507 e. The second kappa shape index (κ2) is 7.15. The van der Waals surface area contributed by atoms with E-state index in [0.717, 1.165) is 16.5 Å². The van der Waals surface area contributed by atoms with E-state index in [-0.39, 0.29) is 30.2 Å². The van der Waals surface area contributed by atoms with Gasteiger partial charge in [-0.25, -0.2) is 4.79 Å². The molecule has 0 spiro atoms. The number of hydrogen-bond donors (Lipinski definition) is 1. The van der Waals surface area contributed by atoms with E-state index in [2.05, 4.69) is 4.98 Å². The first kappa shape index (κ1) is 17.7. The number of para-hydroxylation sites is 2. The largest absolute Gasteiger partial charge is 0.507 e. The van der Waals surface area contributed by atoms with Crippen molar-refractivity contribution in [1.82, 2.24) is 4.98 Å². The fraction of sp³-hybridized carbons (Fsp3) is 0.136. The highest BCUT2D eigenvalue weighted by Gasteiger charge is 2.31. The number of amides is 1. The summed E-state index contributed by atoms with van der Waals surface area (Å²) in [7, 11) is 1.23. The summed E-state index contributed by atoms with van der Waals surface area (Å²) in [5.41, 5.74) is 2.60. The van der Waals surface area contributed by atoms with Crippen LogP contribution >= 0.6 is 0 Å². The number of aliphatic hydroxyl groups is 1. The monoisotopic (exact) mass is 374 g/mol. The van der Waals surface area contributed by atoms with Crippen molar-refractivity contribution >= 4 is 34.2 Å². The van der Waals surface area contributed by atoms with Crippen molar-refractivity contribution in [3.8, 4) is 0 Å². The molecule has 1 aliphatic heterocycles. The molecule has 0 saturated heterocycles. The molecule has 0 bridgehead atoms. The third-order valence-electron chi connectivity index (χ3n) is 4.84. The summed E-state index contributed by atoms with van der Waals surface area (Å²) >= 11 is 0. The van der Waals surface area contributed by atoms with Crippen molar-refractivity contribution in [2.24, 2.45) is 0 Å². The van der Waals surface area contributed by atoms with Crippen molar-refractivity contribution in [1.29, 1.82) is 0 Å². The minimum absolute atomic E-state index is 0.0431. The van der Waals surface area contributed by atoms with Gasteiger partial charge in [-0.15, -0.1) is 0 Å². The Hall–Kier alpha value is -3.67. The van der Waals surface area contributed by atoms with E-state index in [9.17, 15) is 14.7 Å². The number of benzene rings is 2. The number of esters is 1. The maximum absolute atomic E-state index is 13.0. The van der Waals surface area contributed by atoms with Crippen molar-refractivity contribution in [2.45, 2.75) is 13.0 Å². The van der Waals surface area contributed by atoms with Gasteiger partial charge in [0.1, 0.15) is 5.76 Å². The number of ether oxygens (including phenoxy) is 1. The molecule has 140 valence electrons. The first-order valence-corrected chi connectivity index (χ1v) is 8.83. The van der Waals surface area contributed by atoms with Crippen molar-refractivity contribution in [3.63, 3.8) is 0 Å². The molecule has 0 atom stereocenters. The molecule has 28 heavy (non-hydrogen) atoms. The number of carbonyl (C=O) groups is 2. The maximum Gasteiger partial charge on any atom is 0.338 e. The number of nitrogens with zero attached hydrogens (tertiary/aromatic N) is 2. The van der Waals surface area contributed by atoms with Crippen LogP contribution in [0.1, 0.15) is 17.5 Å². The van der Waals surface area contributed by atoms with Crippen LogP contribution in [0.25, 0.3) is 16.7 Å². The molecule has 6 heteroatoms. The Morgan fingerprint density at radius 3 is 2.75 bits per heavy atom. The summed E-state index contributed by atoms with van der Waals surface area (Å²) in [6.07, 6.45) is 1.47. The molecule has 0 saturated carbocycles. The summed E-state index contributed by atoms with van der Waals surface area (Å²) < 4.78 is 4.75. The molecule has 0 radical (unpaired) electrons. The van der Waals surface area contributed by atoms with Crippen LogP contribution in [0.15, 0.2) is 66.4 Å². The van der Waals surface area contributed by atoms with Crippen LogP contribution in [0.3, 0.4) is 0 Å². The fourth-order valence-electron chi connectivity index (χ4n) is 3.47. The lowest BCUT2D eigenvalue weighted by molar-refractivity contribution is -0.137. The zero-order chi connectivity index (χ0) is 19.7. The minimum atomic E-state index is -0.714. The summed E-state index contributed by atoms with van der Waals surface area (Å²) in [5.74, 6) is -1.24. The van der Waals surface area contributed by atoms with Gasteiger partial charge in [-0.3, -0.25) is 9.78 Å². The Labute approximate surface area is 161 Å². The highest BCUT2D eigenvalue weighted by molar-refractivity contribution is 6.09. The first-order chi connectivity index (χ1) is 13.6. The lowest BCUT2D eigenvalue weighted by Gasteiger charge is -2.23. The number of aromatic nitrogens is 1. The van der Waals surface area contributed by atoms with E-state index >= 15 is 0 Å². The predicted molar refractivity (Wildman–Crippen MR) is 106 cm³/mol. The molecule has 4 rings (SSSR count). The van der Waals surface area contributed by atoms with Crippen LogP contribution < -0.4 is 4.90 Å². The average molecular weight is 374 g/mol. The van der Waals surface area contributed by atoms with Gasteiger partial charge >= 0.3 is 5.97 Å². The van der Waals surface area contributed by atoms with Gasteiger partial charge in [-0.1, -0.05) is 36.4 Å². The van der Waals surface area contributed by atoms with Crippen LogP contribution in [-0.2, 0) is 20.9 Å². The molecule has 2 aromatic carbocycles. The van der Waals surface area contributed by atoms with E-state index < -0.39 is 5.97 Å². The molecular weight excluding hydrogens is 356 g/mol. The van der Waals surface area contributed by atoms with Crippen LogP contribution in [0.5, 0.6) is 0 Å². The molecular formula is C22H18N2O4. The summed E-state index contributed by atoms with van der Waals surface area (Å²) in [6.45, 7) is 0.270. The van der Waals surface area contributed by atoms with Crippen LogP contribution in [0.4, 0.5) is 5.69 Å². The lowest BCUT2D eigenvalue weighted by atomic mass is 10.1. The fourth-order valence-corrected chi connectivity index (χ4v) is 3.47. The second-order valence-electron chi connectivity index (χ2n) is 6.48. The van der Waals surface area contributed by atoms with E-state index in [1.807, 2.05) is 30.3 Å². The number of rotatable bonds is 3. The van der Waals surface area contributed by atoms with Gasteiger partial charge in [0.2, 0.25) is 5.91 Å². The SMILES string of the molecule is COC(=O)C1=C(O)c2ccccc2N(Cc2cccc3cccnc23)C(=O)C1. The van der Waals surface area contributed by atoms with Gasteiger partial charge in [0.25, 0.3) is 0 Å². The number of methoxy groups -OCH3 is 1. The van der Waals surface area contributed by atoms with Crippen molar-refractivity contribution in [3.05, 3.63) is 77.5 Å². The van der Waals surface area contributed by atoms with Gasteiger partial charge in [0.15, 0.2) is 0 Å². The molecule has 3 aromatic rings. The number of pyridine rings is 1. The summed E-state index contributed by atoms with van der Waals surface area (Å²) in [5, 5.41) is 11.6. The Morgan fingerprint density at radius 1 is 1.14 bits per heavy atom. The molecule has 0 fully saturated rings. The van der Waals surface area contributed by atoms with E-state index in [1.54, 1.807) is 35.4 Å². The lowest BCUT2D eigenvalue weighted by Crippen LogP contribution is -2.30. The maximum atomic E-state index is 13.0.